The van der Waals surface area contributed by atoms with E-state index in [2.05, 4.69) is 10.1 Å². The maximum atomic E-state index is 12.1. The van der Waals surface area contributed by atoms with Crippen molar-refractivity contribution in [3.63, 3.8) is 0 Å². The van der Waals surface area contributed by atoms with Crippen molar-refractivity contribution in [2.45, 2.75) is 19.8 Å². The molecule has 1 heterocycles. The van der Waals surface area contributed by atoms with Crippen LogP contribution in [0.1, 0.15) is 11.5 Å². The molecule has 2 N–H and O–H groups in total. The fourth-order valence-corrected chi connectivity index (χ4v) is 2.16. The molecular weight excluding hydrogens is 325 g/mol. The van der Waals surface area contributed by atoms with Crippen LogP contribution in [0.2, 0.25) is 0 Å². The molecule has 0 spiro atoms. The lowest BCUT2D eigenvalue weighted by molar-refractivity contribution is -0.886. The van der Waals surface area contributed by atoms with Crippen molar-refractivity contribution in [1.29, 1.82) is 0 Å². The van der Waals surface area contributed by atoms with Gasteiger partial charge in [-0.2, -0.15) is 0 Å². The first-order valence-corrected chi connectivity index (χ1v) is 7.23. The second-order valence-electron chi connectivity index (χ2n) is 5.44. The lowest BCUT2D eigenvalue weighted by Gasteiger charge is -2.13. The number of amides is 1. The molecule has 1 aromatic heterocycles. The molecule has 0 aliphatic rings. The van der Waals surface area contributed by atoms with Crippen molar-refractivity contribution in [1.82, 2.24) is 0 Å². The Morgan fingerprint density at radius 2 is 1.88 bits per heavy atom. The molecular formula is C16H18F3N2O3+. The van der Waals surface area contributed by atoms with Crippen LogP contribution in [0.5, 0.6) is 5.75 Å². The lowest BCUT2D eigenvalue weighted by Crippen LogP contribution is -3.08. The second-order valence-corrected chi connectivity index (χ2v) is 5.44. The molecule has 0 saturated heterocycles. The van der Waals surface area contributed by atoms with E-state index in [0.717, 1.165) is 28.6 Å². The number of furan rings is 1. The molecule has 1 aromatic carbocycles. The molecule has 0 bridgehead atoms. The summed E-state index contributed by atoms with van der Waals surface area (Å²) in [6, 6.07) is 8.70. The number of nitrogens with one attached hydrogen (secondary N) is 2. The molecule has 1 unspecified atom stereocenters. The Bertz CT molecular complexity index is 681. The number of alkyl halides is 3. The average Bonchev–Trinajstić information content (AvgIpc) is 2.84. The summed E-state index contributed by atoms with van der Waals surface area (Å²) in [5.74, 6) is 1.01. The fraction of sp³-hybridized carbons (Fsp3) is 0.312. The molecule has 24 heavy (non-hydrogen) atoms. The lowest BCUT2D eigenvalue weighted by atomic mass is 10.3. The minimum atomic E-state index is -4.74. The maximum absolute atomic E-state index is 12.1. The van der Waals surface area contributed by atoms with Gasteiger partial charge in [0.1, 0.15) is 18.1 Å². The third-order valence-corrected chi connectivity index (χ3v) is 3.11. The van der Waals surface area contributed by atoms with Gasteiger partial charge in [0.2, 0.25) is 0 Å². The van der Waals surface area contributed by atoms with Gasteiger partial charge in [0, 0.05) is 5.69 Å². The molecule has 1 atom stereocenters. The maximum Gasteiger partial charge on any atom is 0.573 e. The van der Waals surface area contributed by atoms with Crippen LogP contribution in [-0.2, 0) is 11.3 Å². The van der Waals surface area contributed by atoms with E-state index in [0.29, 0.717) is 12.2 Å². The minimum absolute atomic E-state index is 0.195. The third kappa shape index (κ3) is 5.96. The Labute approximate surface area is 137 Å². The van der Waals surface area contributed by atoms with Crippen LogP contribution in [0.15, 0.2) is 40.8 Å². The first-order chi connectivity index (χ1) is 11.2. The van der Waals surface area contributed by atoms with Crippen LogP contribution < -0.4 is 15.0 Å². The predicted octanol–water partition coefficient (Wildman–Crippen LogP) is 2.14. The Hall–Kier alpha value is -2.48. The number of aryl methyl sites for hydroxylation is 1. The van der Waals surface area contributed by atoms with Crippen molar-refractivity contribution in [2.75, 3.05) is 18.9 Å². The van der Waals surface area contributed by atoms with Crippen LogP contribution in [0.3, 0.4) is 0 Å². The number of anilines is 1. The fourth-order valence-electron chi connectivity index (χ4n) is 2.16. The first-order valence-electron chi connectivity index (χ1n) is 7.23. The number of hydrogen-bond acceptors (Lipinski definition) is 3. The quantitative estimate of drug-likeness (QED) is 0.845. The topological polar surface area (TPSA) is 55.9 Å². The standard InChI is InChI=1S/C16H17F3N2O3/c1-11-3-6-14(23-11)9-21(2)10-15(22)20-12-4-7-13(8-5-12)24-16(17,18)19/h3-8H,9-10H2,1-2H3,(H,20,22)/p+1. The number of carbonyl (C=O) groups excluding carboxylic acids is 1. The van der Waals surface area contributed by atoms with Gasteiger partial charge in [-0.25, -0.2) is 0 Å². The van der Waals surface area contributed by atoms with Crippen molar-refractivity contribution < 1.29 is 32.0 Å². The second kappa shape index (κ2) is 7.39. The van der Waals surface area contributed by atoms with Crippen molar-refractivity contribution >= 4 is 11.6 Å². The highest BCUT2D eigenvalue weighted by atomic mass is 19.4. The SMILES string of the molecule is Cc1ccc(C[NH+](C)CC(=O)Nc2ccc(OC(F)(F)F)cc2)o1. The molecule has 130 valence electrons. The summed E-state index contributed by atoms with van der Waals surface area (Å²) in [4.78, 5) is 12.9. The van der Waals surface area contributed by atoms with Gasteiger partial charge in [0.25, 0.3) is 5.91 Å². The summed E-state index contributed by atoms with van der Waals surface area (Å²) in [5, 5.41) is 2.63. The Balaban J connectivity index is 1.83. The number of quaternary nitrogens is 1. The summed E-state index contributed by atoms with van der Waals surface area (Å²) in [5.41, 5.74) is 0.399. The van der Waals surface area contributed by atoms with Gasteiger partial charge in [0.15, 0.2) is 12.3 Å². The largest absolute Gasteiger partial charge is 0.573 e. The zero-order valence-corrected chi connectivity index (χ0v) is 13.2. The van der Waals surface area contributed by atoms with Crippen LogP contribution in [-0.4, -0.2) is 25.9 Å². The zero-order chi connectivity index (χ0) is 17.7. The van der Waals surface area contributed by atoms with E-state index in [-0.39, 0.29) is 18.2 Å². The summed E-state index contributed by atoms with van der Waals surface area (Å²) in [6.07, 6.45) is -4.74. The Morgan fingerprint density at radius 1 is 1.21 bits per heavy atom. The van der Waals surface area contributed by atoms with Gasteiger partial charge in [-0.1, -0.05) is 0 Å². The normalized spacial score (nSPS) is 12.7. The van der Waals surface area contributed by atoms with Gasteiger partial charge in [-0.05, 0) is 43.3 Å². The number of likely N-dealkylation sites (N-methyl/N-ethyl adjacent to an activating group) is 1. The molecule has 0 fully saturated rings. The molecule has 1 amide bonds. The number of halogens is 3. The molecule has 8 heteroatoms. The summed E-state index contributed by atoms with van der Waals surface area (Å²) in [7, 11) is 1.84. The van der Waals surface area contributed by atoms with Crippen LogP contribution in [0, 0.1) is 6.92 Å². The summed E-state index contributed by atoms with van der Waals surface area (Å²) in [6.45, 7) is 2.60. The first kappa shape index (κ1) is 17.9. The molecule has 0 saturated carbocycles. The number of carbonyl (C=O) groups is 1. The number of hydrogen-bond donors (Lipinski definition) is 2. The van der Waals surface area contributed by atoms with Crippen molar-refractivity contribution in [2.24, 2.45) is 0 Å². The third-order valence-electron chi connectivity index (χ3n) is 3.11. The van der Waals surface area contributed by atoms with E-state index >= 15 is 0 Å². The molecule has 0 aliphatic carbocycles. The Kier molecular flexibility index (Phi) is 5.50. The van der Waals surface area contributed by atoms with E-state index in [1.165, 1.54) is 12.1 Å². The van der Waals surface area contributed by atoms with Gasteiger partial charge in [-0.3, -0.25) is 4.79 Å². The smallest absolute Gasteiger partial charge is 0.460 e. The monoisotopic (exact) mass is 343 g/mol. The average molecular weight is 343 g/mol. The minimum Gasteiger partial charge on any atom is -0.460 e. The van der Waals surface area contributed by atoms with E-state index in [1.54, 1.807) is 0 Å². The highest BCUT2D eigenvalue weighted by Crippen LogP contribution is 2.23. The molecule has 0 aliphatic heterocycles. The molecule has 0 radical (unpaired) electrons. The number of rotatable bonds is 6. The summed E-state index contributed by atoms with van der Waals surface area (Å²) >= 11 is 0. The van der Waals surface area contributed by atoms with E-state index in [9.17, 15) is 18.0 Å². The van der Waals surface area contributed by atoms with Crippen LogP contribution >= 0.6 is 0 Å². The summed E-state index contributed by atoms with van der Waals surface area (Å²) < 4.78 is 45.4. The zero-order valence-electron chi connectivity index (χ0n) is 13.2. The van der Waals surface area contributed by atoms with E-state index in [4.69, 9.17) is 4.42 Å². The Morgan fingerprint density at radius 3 is 2.42 bits per heavy atom. The van der Waals surface area contributed by atoms with Gasteiger partial charge in [0.05, 0.1) is 7.05 Å². The number of benzene rings is 1. The molecule has 5 nitrogen and oxygen atoms in total. The van der Waals surface area contributed by atoms with Gasteiger partial charge >= 0.3 is 6.36 Å². The highest BCUT2D eigenvalue weighted by molar-refractivity contribution is 5.91. The van der Waals surface area contributed by atoms with Crippen LogP contribution in [0.25, 0.3) is 0 Å². The van der Waals surface area contributed by atoms with Crippen molar-refractivity contribution in [3.8, 4) is 5.75 Å². The van der Waals surface area contributed by atoms with Crippen molar-refractivity contribution in [3.05, 3.63) is 47.9 Å². The highest BCUT2D eigenvalue weighted by Gasteiger charge is 2.30. The van der Waals surface area contributed by atoms with Crippen LogP contribution in [0.4, 0.5) is 18.9 Å². The number of ether oxygens (including phenoxy) is 1. The van der Waals surface area contributed by atoms with Gasteiger partial charge < -0.3 is 19.4 Å². The van der Waals surface area contributed by atoms with E-state index in [1.807, 2.05) is 26.1 Å². The van der Waals surface area contributed by atoms with Gasteiger partial charge in [-0.15, -0.1) is 13.2 Å². The molecule has 2 rings (SSSR count). The van der Waals surface area contributed by atoms with E-state index < -0.39 is 6.36 Å². The molecule has 2 aromatic rings. The predicted molar refractivity (Wildman–Crippen MR) is 80.7 cm³/mol.